The second-order valence-electron chi connectivity index (χ2n) is 6.41. The highest BCUT2D eigenvalue weighted by molar-refractivity contribution is 9.10. The largest absolute Gasteiger partial charge is 0.461 e. The minimum atomic E-state index is -0.287. The van der Waals surface area contributed by atoms with Crippen LogP contribution in [-0.2, 0) is 14.3 Å². The lowest BCUT2D eigenvalue weighted by atomic mass is 9.79. The van der Waals surface area contributed by atoms with Crippen LogP contribution >= 0.6 is 31.9 Å². The molecule has 0 unspecified atom stereocenters. The van der Waals surface area contributed by atoms with E-state index in [1.165, 1.54) is 0 Å². The topological polar surface area (TPSA) is 55.4 Å². The molecule has 2 bridgehead atoms. The van der Waals surface area contributed by atoms with Crippen LogP contribution in [0.5, 0.6) is 0 Å². The second-order valence-corrected chi connectivity index (χ2v) is 8.33. The Morgan fingerprint density at radius 1 is 1.36 bits per heavy atom. The highest BCUT2D eigenvalue weighted by Gasteiger charge is 2.67. The molecular weight excluding hydrogens is 414 g/mol. The van der Waals surface area contributed by atoms with Crippen LogP contribution in [0.2, 0.25) is 0 Å². The number of amides is 1. The van der Waals surface area contributed by atoms with Gasteiger partial charge < -0.3 is 10.1 Å². The predicted molar refractivity (Wildman–Crippen MR) is 88.7 cm³/mol. The lowest BCUT2D eigenvalue weighted by molar-refractivity contribution is -0.145. The van der Waals surface area contributed by atoms with Gasteiger partial charge in [-0.15, -0.1) is 0 Å². The fourth-order valence-electron chi connectivity index (χ4n) is 4.28. The van der Waals surface area contributed by atoms with Crippen molar-refractivity contribution in [2.45, 2.75) is 24.3 Å². The Balaban J connectivity index is 1.58. The molecule has 2 aliphatic carbocycles. The fraction of sp³-hybridized carbons (Fsp3) is 0.500. The van der Waals surface area contributed by atoms with E-state index in [0.717, 1.165) is 22.1 Å². The molecule has 0 radical (unpaired) electrons. The number of aryl methyl sites for hydroxylation is 1. The molecule has 1 N–H and O–H groups in total. The van der Waals surface area contributed by atoms with Gasteiger partial charge in [-0.25, -0.2) is 0 Å². The SMILES string of the molecule is Cc1cc(NC(=O)[C@@H]2[C@H]3C[C@H]4[C@H](OC(=O)[C@H]42)[C@@H]3Br)ccc1Br. The van der Waals surface area contributed by atoms with E-state index >= 15 is 0 Å². The quantitative estimate of drug-likeness (QED) is 0.581. The van der Waals surface area contributed by atoms with E-state index < -0.39 is 0 Å². The molecule has 4 nitrogen and oxygen atoms in total. The fourth-order valence-corrected chi connectivity index (χ4v) is 5.57. The van der Waals surface area contributed by atoms with Gasteiger partial charge in [0.25, 0.3) is 0 Å². The van der Waals surface area contributed by atoms with Crippen LogP contribution in [0.1, 0.15) is 12.0 Å². The molecule has 1 saturated heterocycles. The maximum atomic E-state index is 12.7. The molecular formula is C16H15Br2NO3. The molecule has 1 aromatic carbocycles. The van der Waals surface area contributed by atoms with Crippen molar-refractivity contribution in [2.24, 2.45) is 23.7 Å². The third-order valence-electron chi connectivity index (χ3n) is 5.25. The normalized spacial score (nSPS) is 38.2. The lowest BCUT2D eigenvalue weighted by Crippen LogP contribution is -2.40. The zero-order valence-corrected chi connectivity index (χ0v) is 15.1. The predicted octanol–water partition coefficient (Wildman–Crippen LogP) is 3.27. The number of nitrogens with one attached hydrogen (secondary N) is 1. The number of carbonyl (C=O) groups excluding carboxylic acids is 2. The number of benzene rings is 1. The van der Waals surface area contributed by atoms with Crippen LogP contribution in [0.4, 0.5) is 5.69 Å². The van der Waals surface area contributed by atoms with Gasteiger partial charge in [-0.1, -0.05) is 31.9 Å². The van der Waals surface area contributed by atoms with Gasteiger partial charge in [0.1, 0.15) is 6.10 Å². The first-order valence-corrected chi connectivity index (χ1v) is 9.10. The molecule has 6 heteroatoms. The summed E-state index contributed by atoms with van der Waals surface area (Å²) in [5.74, 6) is -0.440. The standard InChI is InChI=1S/C16H15Br2NO3/c1-6-4-7(2-3-10(6)17)19-15(20)11-8-5-9-12(11)16(21)22-14(9)13(8)18/h2-4,8-9,11-14H,5H2,1H3,(H,19,20)/t8-,9-,11-,12-,13-,14+/m1/s1. The number of hydrogen-bond acceptors (Lipinski definition) is 3. The van der Waals surface area contributed by atoms with Gasteiger partial charge in [-0.2, -0.15) is 0 Å². The molecule has 6 atom stereocenters. The molecule has 3 fully saturated rings. The number of hydrogen-bond donors (Lipinski definition) is 1. The average molecular weight is 429 g/mol. The number of halogens is 2. The van der Waals surface area contributed by atoms with Crippen LogP contribution < -0.4 is 5.32 Å². The molecule has 1 heterocycles. The summed E-state index contributed by atoms with van der Waals surface area (Å²) in [6.45, 7) is 1.98. The minimum Gasteiger partial charge on any atom is -0.461 e. The van der Waals surface area contributed by atoms with Crippen molar-refractivity contribution >= 4 is 49.4 Å². The monoisotopic (exact) mass is 427 g/mol. The number of ether oxygens (including phenoxy) is 1. The first-order chi connectivity index (χ1) is 10.5. The number of rotatable bonds is 2. The summed E-state index contributed by atoms with van der Waals surface area (Å²) in [4.78, 5) is 24.9. The van der Waals surface area contributed by atoms with Crippen molar-refractivity contribution in [2.75, 3.05) is 5.32 Å². The van der Waals surface area contributed by atoms with Gasteiger partial charge in [0.15, 0.2) is 0 Å². The van der Waals surface area contributed by atoms with Crippen LogP contribution in [0.15, 0.2) is 22.7 Å². The second kappa shape index (κ2) is 5.06. The highest BCUT2D eigenvalue weighted by Crippen LogP contribution is 2.60. The van der Waals surface area contributed by atoms with Crippen molar-refractivity contribution in [3.63, 3.8) is 0 Å². The van der Waals surface area contributed by atoms with E-state index in [-0.39, 0.29) is 46.5 Å². The third-order valence-corrected chi connectivity index (χ3v) is 7.34. The van der Waals surface area contributed by atoms with Crippen molar-refractivity contribution in [3.8, 4) is 0 Å². The van der Waals surface area contributed by atoms with Crippen molar-refractivity contribution < 1.29 is 14.3 Å². The van der Waals surface area contributed by atoms with E-state index in [1.807, 2.05) is 25.1 Å². The van der Waals surface area contributed by atoms with Crippen LogP contribution in [-0.4, -0.2) is 22.8 Å². The van der Waals surface area contributed by atoms with Crippen molar-refractivity contribution in [1.82, 2.24) is 0 Å². The van der Waals surface area contributed by atoms with Crippen LogP contribution in [0.3, 0.4) is 0 Å². The first-order valence-electron chi connectivity index (χ1n) is 7.39. The molecule has 2 saturated carbocycles. The smallest absolute Gasteiger partial charge is 0.310 e. The molecule has 116 valence electrons. The molecule has 1 amide bonds. The van der Waals surface area contributed by atoms with E-state index in [2.05, 4.69) is 37.2 Å². The Hall–Kier alpha value is -0.880. The Labute approximate surface area is 145 Å². The molecule has 22 heavy (non-hydrogen) atoms. The zero-order chi connectivity index (χ0) is 15.6. The average Bonchev–Trinajstić information content (AvgIpc) is 3.07. The molecule has 1 aromatic rings. The minimum absolute atomic E-state index is 0.0403. The Morgan fingerprint density at radius 2 is 2.14 bits per heavy atom. The summed E-state index contributed by atoms with van der Waals surface area (Å²) in [6.07, 6.45) is 0.857. The molecule has 1 aliphatic heterocycles. The number of carbonyl (C=O) groups is 2. The Kier molecular flexibility index (Phi) is 3.38. The van der Waals surface area contributed by atoms with Crippen molar-refractivity contribution in [3.05, 3.63) is 28.2 Å². The van der Waals surface area contributed by atoms with Crippen molar-refractivity contribution in [1.29, 1.82) is 0 Å². The maximum absolute atomic E-state index is 12.7. The maximum Gasteiger partial charge on any atom is 0.310 e. The van der Waals surface area contributed by atoms with Gasteiger partial charge in [0, 0.05) is 16.1 Å². The summed E-state index contributed by atoms with van der Waals surface area (Å²) >= 11 is 7.08. The summed E-state index contributed by atoms with van der Waals surface area (Å²) in [6, 6.07) is 5.71. The van der Waals surface area contributed by atoms with E-state index in [9.17, 15) is 9.59 Å². The number of fused-ring (bicyclic) bond motifs is 1. The van der Waals surface area contributed by atoms with Crippen LogP contribution in [0, 0.1) is 30.6 Å². The van der Waals surface area contributed by atoms with E-state index in [0.29, 0.717) is 0 Å². The van der Waals surface area contributed by atoms with Gasteiger partial charge in [0.05, 0.1) is 16.7 Å². The summed E-state index contributed by atoms with van der Waals surface area (Å²) < 4.78 is 6.45. The van der Waals surface area contributed by atoms with Gasteiger partial charge in [-0.05, 0) is 43.0 Å². The van der Waals surface area contributed by atoms with Gasteiger partial charge in [-0.3, -0.25) is 9.59 Å². The highest BCUT2D eigenvalue weighted by atomic mass is 79.9. The third kappa shape index (κ3) is 1.99. The van der Waals surface area contributed by atoms with Crippen LogP contribution in [0.25, 0.3) is 0 Å². The van der Waals surface area contributed by atoms with E-state index in [1.54, 1.807) is 0 Å². The molecule has 0 aromatic heterocycles. The molecule has 0 spiro atoms. The summed E-state index contributed by atoms with van der Waals surface area (Å²) in [7, 11) is 0. The molecule has 3 aliphatic rings. The lowest BCUT2D eigenvalue weighted by Gasteiger charge is -2.27. The zero-order valence-electron chi connectivity index (χ0n) is 11.9. The summed E-state index contributed by atoms with van der Waals surface area (Å²) in [5.41, 5.74) is 1.83. The van der Waals surface area contributed by atoms with Gasteiger partial charge in [0.2, 0.25) is 5.91 Å². The van der Waals surface area contributed by atoms with Gasteiger partial charge >= 0.3 is 5.97 Å². The number of alkyl halides is 1. The Bertz CT molecular complexity index is 677. The first kappa shape index (κ1) is 14.7. The number of anilines is 1. The summed E-state index contributed by atoms with van der Waals surface area (Å²) in [5, 5.41) is 2.97. The Morgan fingerprint density at radius 3 is 2.86 bits per heavy atom. The number of esters is 1. The van der Waals surface area contributed by atoms with E-state index in [4.69, 9.17) is 4.74 Å². The molecule has 4 rings (SSSR count).